The molecule has 0 N–H and O–H groups in total. The van der Waals surface area contributed by atoms with E-state index < -0.39 is 0 Å². The Morgan fingerprint density at radius 3 is 2.56 bits per heavy atom. The first-order valence-corrected chi connectivity index (χ1v) is 15.0. The highest BCUT2D eigenvalue weighted by Gasteiger charge is 2.31. The number of esters is 1. The molecule has 8 heteroatoms. The summed E-state index contributed by atoms with van der Waals surface area (Å²) in [5.74, 6) is 0.323. The van der Waals surface area contributed by atoms with Gasteiger partial charge in [0.2, 0.25) is 5.28 Å². The largest absolute Gasteiger partial charge is 0.466 e. The van der Waals surface area contributed by atoms with Gasteiger partial charge in [0.05, 0.1) is 30.1 Å². The Balaban J connectivity index is 1.61. The number of hydrogen-bond donors (Lipinski definition) is 0. The Kier molecular flexibility index (Phi) is 10.4. The molecule has 222 valence electrons. The number of aromatic nitrogens is 2. The highest BCUT2D eigenvalue weighted by molar-refractivity contribution is 6.28. The minimum atomic E-state index is -0.366. The van der Waals surface area contributed by atoms with Crippen molar-refractivity contribution in [3.63, 3.8) is 0 Å². The smallest absolute Gasteiger partial charge is 0.337 e. The van der Waals surface area contributed by atoms with Crippen molar-refractivity contribution in [2.75, 3.05) is 7.11 Å². The van der Waals surface area contributed by atoms with Gasteiger partial charge in [-0.05, 0) is 60.6 Å². The maximum absolute atomic E-state index is 12.1. The third kappa shape index (κ3) is 7.61. The molecular formula is C35H36ClN3O4. The number of benzene rings is 2. The summed E-state index contributed by atoms with van der Waals surface area (Å²) in [5.41, 5.74) is 6.58. The second-order valence-corrected chi connectivity index (χ2v) is 10.8. The van der Waals surface area contributed by atoms with Crippen LogP contribution in [0, 0.1) is 0 Å². The SMILES string of the molecule is CCCCc1c(CN(Cc2ccc(C(=O)OC)cc2)C(C2=CC=CCC2)C2=COC=CO2)nc(Cl)nc1-c1ccccc1. The minimum Gasteiger partial charge on any atom is -0.466 e. The van der Waals surface area contributed by atoms with Gasteiger partial charge in [-0.25, -0.2) is 14.8 Å². The van der Waals surface area contributed by atoms with E-state index in [-0.39, 0.29) is 17.3 Å². The number of halogens is 1. The van der Waals surface area contributed by atoms with Crippen LogP contribution >= 0.6 is 11.6 Å². The topological polar surface area (TPSA) is 73.8 Å². The summed E-state index contributed by atoms with van der Waals surface area (Å²) in [6.45, 7) is 3.21. The number of hydrogen-bond acceptors (Lipinski definition) is 7. The molecule has 3 aromatic rings. The van der Waals surface area contributed by atoms with Gasteiger partial charge in [0.25, 0.3) is 0 Å². The number of carbonyl (C=O) groups excluding carboxylic acids is 1. The van der Waals surface area contributed by atoms with E-state index in [0.29, 0.717) is 24.4 Å². The molecule has 0 saturated carbocycles. The summed E-state index contributed by atoms with van der Waals surface area (Å²) in [6.07, 6.45) is 15.9. The molecule has 0 radical (unpaired) electrons. The molecule has 1 aliphatic carbocycles. The Labute approximate surface area is 258 Å². The molecule has 1 unspecified atom stereocenters. The van der Waals surface area contributed by atoms with E-state index in [1.807, 2.05) is 30.3 Å². The average molecular weight is 598 g/mol. The zero-order valence-electron chi connectivity index (χ0n) is 24.5. The first kappa shape index (κ1) is 30.3. The van der Waals surface area contributed by atoms with Crippen LogP contribution in [0.3, 0.4) is 0 Å². The zero-order chi connectivity index (χ0) is 30.0. The number of nitrogens with zero attached hydrogens (tertiary/aromatic N) is 3. The van der Waals surface area contributed by atoms with Crippen molar-refractivity contribution in [3.8, 4) is 11.3 Å². The predicted molar refractivity (Wildman–Crippen MR) is 168 cm³/mol. The molecule has 2 aromatic carbocycles. The fraction of sp³-hybridized carbons (Fsp3) is 0.286. The summed E-state index contributed by atoms with van der Waals surface area (Å²) in [5, 5.41) is 0.215. The number of allylic oxidation sites excluding steroid dienone is 3. The van der Waals surface area contributed by atoms with E-state index in [2.05, 4.69) is 42.2 Å². The zero-order valence-corrected chi connectivity index (χ0v) is 25.3. The van der Waals surface area contributed by atoms with Gasteiger partial charge in [-0.15, -0.1) is 0 Å². The maximum atomic E-state index is 12.1. The minimum absolute atomic E-state index is 0.215. The van der Waals surface area contributed by atoms with Gasteiger partial charge in [0.15, 0.2) is 5.76 Å². The van der Waals surface area contributed by atoms with Gasteiger partial charge in [-0.2, -0.15) is 0 Å². The predicted octanol–water partition coefficient (Wildman–Crippen LogP) is 7.93. The van der Waals surface area contributed by atoms with Gasteiger partial charge in [0.1, 0.15) is 18.8 Å². The van der Waals surface area contributed by atoms with E-state index in [9.17, 15) is 4.79 Å². The van der Waals surface area contributed by atoms with E-state index in [0.717, 1.165) is 60.2 Å². The fourth-order valence-corrected chi connectivity index (χ4v) is 5.65. The van der Waals surface area contributed by atoms with Crippen LogP contribution in [0.5, 0.6) is 0 Å². The monoisotopic (exact) mass is 597 g/mol. The van der Waals surface area contributed by atoms with E-state index in [4.69, 9.17) is 35.8 Å². The van der Waals surface area contributed by atoms with Crippen molar-refractivity contribution in [2.45, 2.75) is 58.2 Å². The molecule has 1 aliphatic heterocycles. The van der Waals surface area contributed by atoms with Crippen LogP contribution in [0.2, 0.25) is 5.28 Å². The lowest BCUT2D eigenvalue weighted by Crippen LogP contribution is -2.39. The van der Waals surface area contributed by atoms with Gasteiger partial charge in [-0.1, -0.05) is 74.0 Å². The van der Waals surface area contributed by atoms with Gasteiger partial charge in [0, 0.05) is 24.2 Å². The normalized spacial score (nSPS) is 14.9. The highest BCUT2D eigenvalue weighted by atomic mass is 35.5. The average Bonchev–Trinajstić information content (AvgIpc) is 3.05. The third-order valence-electron chi connectivity index (χ3n) is 7.56. The maximum Gasteiger partial charge on any atom is 0.337 e. The Morgan fingerprint density at radius 1 is 1.07 bits per heavy atom. The van der Waals surface area contributed by atoms with Gasteiger partial charge >= 0.3 is 5.97 Å². The van der Waals surface area contributed by atoms with Crippen LogP contribution in [0.25, 0.3) is 11.3 Å². The number of rotatable bonds is 12. The van der Waals surface area contributed by atoms with Crippen molar-refractivity contribution in [1.82, 2.24) is 14.9 Å². The van der Waals surface area contributed by atoms with Crippen molar-refractivity contribution in [1.29, 1.82) is 0 Å². The molecule has 43 heavy (non-hydrogen) atoms. The standard InChI is InChI=1S/C35H36ClN3O4/c1-3-4-15-29-30(37-35(36)38-32(29)26-11-7-5-8-12-26)23-39(22-25-16-18-28(19-17-25)34(40)41-2)33(27-13-9-6-10-14-27)31-24-42-20-21-43-31/h5-9,11-13,16-21,24,33H,3-4,10,14-15,22-23H2,1-2H3. The second-order valence-electron chi connectivity index (χ2n) is 10.5. The molecule has 1 aromatic heterocycles. The number of ether oxygens (including phenoxy) is 3. The first-order valence-electron chi connectivity index (χ1n) is 14.6. The quantitative estimate of drug-likeness (QED) is 0.155. The lowest BCUT2D eigenvalue weighted by Gasteiger charge is -2.35. The molecule has 0 spiro atoms. The Morgan fingerprint density at radius 2 is 1.88 bits per heavy atom. The molecule has 2 aliphatic rings. The van der Waals surface area contributed by atoms with Crippen LogP contribution in [0.15, 0.2) is 103 Å². The number of unbranched alkanes of at least 4 members (excludes halogenated alkanes) is 1. The molecule has 7 nitrogen and oxygen atoms in total. The second kappa shape index (κ2) is 14.8. The van der Waals surface area contributed by atoms with Crippen molar-refractivity contribution in [2.24, 2.45) is 0 Å². The van der Waals surface area contributed by atoms with Crippen molar-refractivity contribution < 1.29 is 19.0 Å². The van der Waals surface area contributed by atoms with Crippen LogP contribution in [0.4, 0.5) is 0 Å². The summed E-state index contributed by atoms with van der Waals surface area (Å²) < 4.78 is 16.6. The Bertz CT molecular complexity index is 1530. The first-order chi connectivity index (χ1) is 21.1. The summed E-state index contributed by atoms with van der Waals surface area (Å²) in [6, 6.07) is 17.4. The molecule has 1 atom stereocenters. The number of carbonyl (C=O) groups is 1. The molecule has 0 fully saturated rings. The van der Waals surface area contributed by atoms with Crippen LogP contribution < -0.4 is 0 Å². The van der Waals surface area contributed by atoms with E-state index >= 15 is 0 Å². The lowest BCUT2D eigenvalue weighted by molar-refractivity contribution is 0.0600. The molecule has 0 amide bonds. The van der Waals surface area contributed by atoms with Crippen LogP contribution in [-0.2, 0) is 33.7 Å². The Hall–Kier alpha value is -4.20. The molecule has 2 heterocycles. The molecule has 5 rings (SSSR count). The molecular weight excluding hydrogens is 562 g/mol. The molecule has 0 saturated heterocycles. The summed E-state index contributed by atoms with van der Waals surface area (Å²) >= 11 is 6.62. The van der Waals surface area contributed by atoms with Gasteiger partial charge in [-0.3, -0.25) is 4.90 Å². The van der Waals surface area contributed by atoms with Crippen molar-refractivity contribution in [3.05, 3.63) is 131 Å². The van der Waals surface area contributed by atoms with Crippen LogP contribution in [0.1, 0.15) is 59.8 Å². The molecule has 0 bridgehead atoms. The highest BCUT2D eigenvalue weighted by Crippen LogP contribution is 2.33. The third-order valence-corrected chi connectivity index (χ3v) is 7.73. The number of methoxy groups -OCH3 is 1. The van der Waals surface area contributed by atoms with E-state index in [1.165, 1.54) is 18.9 Å². The van der Waals surface area contributed by atoms with Gasteiger partial charge < -0.3 is 14.2 Å². The fourth-order valence-electron chi connectivity index (χ4n) is 5.46. The summed E-state index contributed by atoms with van der Waals surface area (Å²) in [7, 11) is 1.38. The van der Waals surface area contributed by atoms with Crippen LogP contribution in [-0.4, -0.2) is 34.0 Å². The van der Waals surface area contributed by atoms with Crippen molar-refractivity contribution >= 4 is 17.6 Å². The summed E-state index contributed by atoms with van der Waals surface area (Å²) in [4.78, 5) is 24.0. The van der Waals surface area contributed by atoms with E-state index in [1.54, 1.807) is 24.7 Å². The lowest BCUT2D eigenvalue weighted by atomic mass is 9.93.